The van der Waals surface area contributed by atoms with E-state index in [4.69, 9.17) is 9.26 Å². The van der Waals surface area contributed by atoms with Gasteiger partial charge in [0.15, 0.2) is 5.76 Å². The first-order valence-corrected chi connectivity index (χ1v) is 8.82. The van der Waals surface area contributed by atoms with Crippen molar-refractivity contribution in [3.05, 3.63) is 72.0 Å². The van der Waals surface area contributed by atoms with Gasteiger partial charge in [-0.15, -0.1) is 0 Å². The molecule has 4 rings (SSSR count). The van der Waals surface area contributed by atoms with Crippen molar-refractivity contribution in [1.29, 1.82) is 0 Å². The summed E-state index contributed by atoms with van der Waals surface area (Å²) in [7, 11) is 0. The van der Waals surface area contributed by atoms with Gasteiger partial charge in [0.1, 0.15) is 18.1 Å². The van der Waals surface area contributed by atoms with Crippen LogP contribution in [0.5, 0.6) is 5.75 Å². The van der Waals surface area contributed by atoms with E-state index in [2.05, 4.69) is 22.2 Å². The summed E-state index contributed by atoms with van der Waals surface area (Å²) in [6, 6.07) is 20.2. The number of nitrogens with zero attached hydrogens (tertiary/aromatic N) is 2. The summed E-state index contributed by atoms with van der Waals surface area (Å²) < 4.78 is 11.3. The molecule has 0 unspecified atom stereocenters. The average molecular weight is 334 g/mol. The number of aromatic nitrogens is 1. The van der Waals surface area contributed by atoms with Gasteiger partial charge in [-0.3, -0.25) is 4.90 Å². The molecule has 3 aromatic rings. The van der Waals surface area contributed by atoms with Crippen LogP contribution < -0.4 is 4.74 Å². The van der Waals surface area contributed by atoms with E-state index in [-0.39, 0.29) is 0 Å². The van der Waals surface area contributed by atoms with Gasteiger partial charge >= 0.3 is 0 Å². The van der Waals surface area contributed by atoms with Crippen LogP contribution in [0, 0.1) is 0 Å². The lowest BCUT2D eigenvalue weighted by Crippen LogP contribution is -2.17. The maximum absolute atomic E-state index is 5.83. The van der Waals surface area contributed by atoms with E-state index < -0.39 is 0 Å². The second-order valence-electron chi connectivity index (χ2n) is 6.46. The zero-order valence-corrected chi connectivity index (χ0v) is 14.2. The molecule has 2 aromatic carbocycles. The molecule has 2 heterocycles. The number of hydrogen-bond acceptors (Lipinski definition) is 4. The van der Waals surface area contributed by atoms with Gasteiger partial charge in [-0.25, -0.2) is 0 Å². The van der Waals surface area contributed by atoms with Crippen molar-refractivity contribution in [2.75, 3.05) is 13.1 Å². The van der Waals surface area contributed by atoms with Crippen LogP contribution in [0.4, 0.5) is 0 Å². The standard InChI is InChI=1S/C21H22N2O2/c1-2-6-17(7-3-1)16-24-19-10-8-18(9-11-19)21-14-20(25-22-21)15-23-12-4-5-13-23/h1-3,6-11,14H,4-5,12-13,15-16H2. The molecule has 0 atom stereocenters. The van der Waals surface area contributed by atoms with Crippen molar-refractivity contribution in [2.45, 2.75) is 26.0 Å². The van der Waals surface area contributed by atoms with Crippen molar-refractivity contribution >= 4 is 0 Å². The molecule has 128 valence electrons. The average Bonchev–Trinajstić information content (AvgIpc) is 3.34. The van der Waals surface area contributed by atoms with Crippen LogP contribution in [0.3, 0.4) is 0 Å². The third-order valence-electron chi connectivity index (χ3n) is 4.54. The molecule has 4 nitrogen and oxygen atoms in total. The molecular formula is C21H22N2O2. The Hall–Kier alpha value is -2.59. The first-order valence-electron chi connectivity index (χ1n) is 8.82. The molecule has 0 amide bonds. The zero-order valence-electron chi connectivity index (χ0n) is 14.2. The fourth-order valence-corrected chi connectivity index (χ4v) is 3.15. The van der Waals surface area contributed by atoms with Gasteiger partial charge in [-0.05, 0) is 55.8 Å². The molecule has 1 aromatic heterocycles. The molecule has 0 bridgehead atoms. The maximum atomic E-state index is 5.83. The molecule has 0 aliphatic carbocycles. The zero-order chi connectivity index (χ0) is 16.9. The van der Waals surface area contributed by atoms with Crippen molar-refractivity contribution in [3.8, 4) is 17.0 Å². The van der Waals surface area contributed by atoms with Crippen LogP contribution in [-0.4, -0.2) is 23.1 Å². The van der Waals surface area contributed by atoms with Crippen LogP contribution in [0.15, 0.2) is 65.2 Å². The van der Waals surface area contributed by atoms with Gasteiger partial charge < -0.3 is 9.26 Å². The molecule has 0 saturated carbocycles. The van der Waals surface area contributed by atoms with Crippen LogP contribution in [0.1, 0.15) is 24.2 Å². The number of ether oxygens (including phenoxy) is 1. The Morgan fingerprint density at radius 3 is 2.48 bits per heavy atom. The first-order chi connectivity index (χ1) is 12.4. The highest BCUT2D eigenvalue weighted by Gasteiger charge is 2.15. The largest absolute Gasteiger partial charge is 0.489 e. The second kappa shape index (κ2) is 7.53. The summed E-state index contributed by atoms with van der Waals surface area (Å²) in [6.07, 6.45) is 2.57. The Kier molecular flexibility index (Phi) is 4.79. The Morgan fingerprint density at radius 1 is 0.960 bits per heavy atom. The summed E-state index contributed by atoms with van der Waals surface area (Å²) in [5.74, 6) is 1.79. The predicted octanol–water partition coefficient (Wildman–Crippen LogP) is 4.52. The van der Waals surface area contributed by atoms with Gasteiger partial charge in [0.05, 0.1) is 6.54 Å². The molecule has 1 saturated heterocycles. The maximum Gasteiger partial charge on any atom is 0.151 e. The van der Waals surface area contributed by atoms with E-state index >= 15 is 0 Å². The Balaban J connectivity index is 1.37. The molecule has 0 N–H and O–H groups in total. The molecule has 25 heavy (non-hydrogen) atoms. The molecule has 1 aliphatic rings. The number of likely N-dealkylation sites (tertiary alicyclic amines) is 1. The molecular weight excluding hydrogens is 312 g/mol. The molecule has 1 aliphatic heterocycles. The van der Waals surface area contributed by atoms with Crippen molar-refractivity contribution in [3.63, 3.8) is 0 Å². The van der Waals surface area contributed by atoms with Gasteiger partial charge in [-0.2, -0.15) is 0 Å². The van der Waals surface area contributed by atoms with E-state index in [9.17, 15) is 0 Å². The normalized spacial score (nSPS) is 14.7. The minimum atomic E-state index is 0.574. The van der Waals surface area contributed by atoms with Gasteiger partial charge in [0, 0.05) is 11.6 Å². The monoisotopic (exact) mass is 334 g/mol. The third kappa shape index (κ3) is 4.09. The fraction of sp³-hybridized carbons (Fsp3) is 0.286. The quantitative estimate of drug-likeness (QED) is 0.664. The Morgan fingerprint density at radius 2 is 1.72 bits per heavy atom. The molecule has 0 spiro atoms. The SMILES string of the molecule is c1ccc(COc2ccc(-c3cc(CN4CCCC4)on3)cc2)cc1. The van der Waals surface area contributed by atoms with Crippen LogP contribution >= 0.6 is 0 Å². The van der Waals surface area contributed by atoms with Gasteiger partial charge in [0.25, 0.3) is 0 Å². The van der Waals surface area contributed by atoms with Crippen molar-refractivity contribution in [2.24, 2.45) is 0 Å². The van der Waals surface area contributed by atoms with Crippen molar-refractivity contribution in [1.82, 2.24) is 10.1 Å². The minimum absolute atomic E-state index is 0.574. The van der Waals surface area contributed by atoms with Crippen LogP contribution in [0.2, 0.25) is 0 Å². The van der Waals surface area contributed by atoms with E-state index in [1.54, 1.807) is 0 Å². The first kappa shape index (κ1) is 15.9. The third-order valence-corrected chi connectivity index (χ3v) is 4.54. The lowest BCUT2D eigenvalue weighted by molar-refractivity contribution is 0.274. The molecule has 4 heteroatoms. The Labute approximate surface area is 148 Å². The summed E-state index contributed by atoms with van der Waals surface area (Å²) in [5.41, 5.74) is 3.09. The highest BCUT2D eigenvalue weighted by Crippen LogP contribution is 2.24. The predicted molar refractivity (Wildman–Crippen MR) is 97.2 cm³/mol. The van der Waals surface area contributed by atoms with E-state index in [1.165, 1.54) is 12.8 Å². The number of hydrogen-bond donors (Lipinski definition) is 0. The summed E-state index contributed by atoms with van der Waals surface area (Å²) in [4.78, 5) is 2.41. The van der Waals surface area contributed by atoms with E-state index in [1.807, 2.05) is 48.5 Å². The van der Waals surface area contributed by atoms with Gasteiger partial charge in [0.2, 0.25) is 0 Å². The van der Waals surface area contributed by atoms with E-state index in [0.29, 0.717) is 6.61 Å². The molecule has 1 fully saturated rings. The highest BCUT2D eigenvalue weighted by molar-refractivity contribution is 5.59. The lowest BCUT2D eigenvalue weighted by Gasteiger charge is -2.10. The van der Waals surface area contributed by atoms with Gasteiger partial charge in [-0.1, -0.05) is 35.5 Å². The summed E-state index contributed by atoms with van der Waals surface area (Å²) in [5, 5.41) is 4.21. The summed E-state index contributed by atoms with van der Waals surface area (Å²) in [6.45, 7) is 3.74. The van der Waals surface area contributed by atoms with E-state index in [0.717, 1.165) is 48.0 Å². The Bertz CT molecular complexity index is 790. The smallest absolute Gasteiger partial charge is 0.151 e. The number of benzene rings is 2. The second-order valence-corrected chi connectivity index (χ2v) is 6.46. The lowest BCUT2D eigenvalue weighted by atomic mass is 10.1. The fourth-order valence-electron chi connectivity index (χ4n) is 3.15. The topological polar surface area (TPSA) is 38.5 Å². The van der Waals surface area contributed by atoms with Crippen LogP contribution in [-0.2, 0) is 13.2 Å². The van der Waals surface area contributed by atoms with Crippen LogP contribution in [0.25, 0.3) is 11.3 Å². The number of rotatable bonds is 6. The highest BCUT2D eigenvalue weighted by atomic mass is 16.5. The summed E-state index contributed by atoms with van der Waals surface area (Å²) >= 11 is 0. The minimum Gasteiger partial charge on any atom is -0.489 e. The van der Waals surface area contributed by atoms with Crippen molar-refractivity contribution < 1.29 is 9.26 Å². The molecule has 0 radical (unpaired) electrons.